The van der Waals surface area contributed by atoms with Crippen LogP contribution in [0.1, 0.15) is 20.7 Å². The summed E-state index contributed by atoms with van der Waals surface area (Å²) < 4.78 is 4.30. The summed E-state index contributed by atoms with van der Waals surface area (Å²) in [5.41, 5.74) is 0.287. The molecule has 0 aromatic heterocycles. The molecule has 0 saturated heterocycles. The summed E-state index contributed by atoms with van der Waals surface area (Å²) in [5.74, 6) is -1.75. The van der Waals surface area contributed by atoms with Gasteiger partial charge >= 0.3 is 11.9 Å². The molecule has 0 fully saturated rings. The molecule has 0 aliphatic carbocycles. The number of esters is 1. The van der Waals surface area contributed by atoms with Crippen LogP contribution in [0.4, 0.5) is 0 Å². The molecule has 0 aliphatic rings. The summed E-state index contributed by atoms with van der Waals surface area (Å²) in [7, 11) is 0. The van der Waals surface area contributed by atoms with Gasteiger partial charge in [0.05, 0.1) is 11.1 Å². The molecule has 0 unspecified atom stereocenters. The van der Waals surface area contributed by atoms with Crippen LogP contribution in [0.3, 0.4) is 0 Å². The second-order valence-electron chi connectivity index (χ2n) is 2.44. The van der Waals surface area contributed by atoms with Crippen LogP contribution in [0, 0.1) is 0 Å². The van der Waals surface area contributed by atoms with Crippen LogP contribution in [0.2, 0.25) is 0 Å². The van der Waals surface area contributed by atoms with Crippen LogP contribution < -0.4 is 0 Å². The van der Waals surface area contributed by atoms with E-state index >= 15 is 0 Å². The third-order valence-electron chi connectivity index (χ3n) is 1.56. The predicted molar refractivity (Wildman–Crippen MR) is 45.9 cm³/mol. The number of carbonyl (C=O) groups is 2. The summed E-state index contributed by atoms with van der Waals surface area (Å²) in [6.07, 6.45) is 0. The van der Waals surface area contributed by atoms with E-state index in [1.165, 1.54) is 24.3 Å². The lowest BCUT2D eigenvalue weighted by Gasteiger charge is -2.00. The summed E-state index contributed by atoms with van der Waals surface area (Å²) in [4.78, 5) is 21.4. The van der Waals surface area contributed by atoms with E-state index in [-0.39, 0.29) is 11.1 Å². The number of hydrogen-bond acceptors (Lipinski definition) is 4. The Morgan fingerprint density at radius 2 is 1.64 bits per heavy atom. The first-order chi connectivity index (χ1) is 6.65. The van der Waals surface area contributed by atoms with Crippen LogP contribution in [0.5, 0.6) is 0 Å². The Labute approximate surface area is 79.6 Å². The van der Waals surface area contributed by atoms with Crippen LogP contribution in [0.25, 0.3) is 0 Å². The van der Waals surface area contributed by atoms with Gasteiger partial charge in [0, 0.05) is 0 Å². The van der Waals surface area contributed by atoms with E-state index in [1.807, 2.05) is 0 Å². The molecule has 0 heterocycles. The molecule has 2 N–H and O–H groups in total. The fraction of sp³-hybridized carbons (Fsp3) is 0.111. The van der Waals surface area contributed by atoms with Gasteiger partial charge in [0.2, 0.25) is 0 Å². The largest absolute Gasteiger partial charge is 0.478 e. The molecule has 1 aromatic carbocycles. The Kier molecular flexibility index (Phi) is 3.19. The van der Waals surface area contributed by atoms with Crippen LogP contribution >= 0.6 is 0 Å². The smallest absolute Gasteiger partial charge is 0.340 e. The number of carboxylic acids is 1. The molecule has 74 valence electrons. The standard InChI is InChI=1S/C9H8O5/c10-5-14-9(13)7-3-1-6(2-4-7)8(11)12/h1-4,10H,5H2,(H,11,12). The molecular formula is C9H8O5. The van der Waals surface area contributed by atoms with E-state index in [4.69, 9.17) is 10.2 Å². The topological polar surface area (TPSA) is 83.8 Å². The minimum absolute atomic E-state index is 0.0885. The molecule has 14 heavy (non-hydrogen) atoms. The van der Waals surface area contributed by atoms with Crippen molar-refractivity contribution in [2.75, 3.05) is 6.79 Å². The molecule has 0 spiro atoms. The maximum absolute atomic E-state index is 11.0. The van der Waals surface area contributed by atoms with Crippen molar-refractivity contribution in [1.82, 2.24) is 0 Å². The molecule has 0 saturated carbocycles. The van der Waals surface area contributed by atoms with Gasteiger partial charge in [-0.1, -0.05) is 0 Å². The number of aromatic carboxylic acids is 1. The summed E-state index contributed by atoms with van der Waals surface area (Å²) in [6.45, 7) is -0.695. The number of hydrogen-bond donors (Lipinski definition) is 2. The molecular weight excluding hydrogens is 188 g/mol. The van der Waals surface area contributed by atoms with Crippen LogP contribution in [-0.4, -0.2) is 28.9 Å². The second kappa shape index (κ2) is 4.38. The number of ether oxygens (including phenoxy) is 1. The first kappa shape index (κ1) is 10.2. The van der Waals surface area contributed by atoms with Crippen molar-refractivity contribution >= 4 is 11.9 Å². The molecule has 1 aromatic rings. The van der Waals surface area contributed by atoms with Crippen molar-refractivity contribution in [3.05, 3.63) is 35.4 Å². The Bertz CT molecular complexity index is 341. The predicted octanol–water partition coefficient (Wildman–Crippen LogP) is 0.491. The zero-order chi connectivity index (χ0) is 10.6. The summed E-state index contributed by atoms with van der Waals surface area (Å²) in [6, 6.07) is 5.22. The van der Waals surface area contributed by atoms with Crippen molar-refractivity contribution in [3.8, 4) is 0 Å². The van der Waals surface area contributed by atoms with Gasteiger partial charge in [-0.15, -0.1) is 0 Å². The molecule has 5 nitrogen and oxygen atoms in total. The number of carboxylic acid groups (broad SMARTS) is 1. The fourth-order valence-electron chi connectivity index (χ4n) is 0.891. The minimum Gasteiger partial charge on any atom is -0.478 e. The Balaban J connectivity index is 2.83. The normalized spacial score (nSPS) is 9.50. The maximum atomic E-state index is 11.0. The van der Waals surface area contributed by atoms with E-state index in [0.717, 1.165) is 0 Å². The van der Waals surface area contributed by atoms with Gasteiger partial charge in [0.15, 0.2) is 6.79 Å². The highest BCUT2D eigenvalue weighted by atomic mass is 16.6. The average Bonchev–Trinajstić information content (AvgIpc) is 2.18. The lowest BCUT2D eigenvalue weighted by atomic mass is 10.1. The average molecular weight is 196 g/mol. The highest BCUT2D eigenvalue weighted by Gasteiger charge is 2.07. The lowest BCUT2D eigenvalue weighted by molar-refractivity contribution is 0.00680. The van der Waals surface area contributed by atoms with E-state index in [2.05, 4.69) is 4.74 Å². The minimum atomic E-state index is -1.06. The monoisotopic (exact) mass is 196 g/mol. The number of carbonyl (C=O) groups excluding carboxylic acids is 1. The SMILES string of the molecule is O=C(O)c1ccc(C(=O)OCO)cc1. The molecule has 0 aliphatic heterocycles. The van der Waals surface area contributed by atoms with Crippen molar-refractivity contribution < 1.29 is 24.5 Å². The molecule has 1 rings (SSSR count). The number of aliphatic hydroxyl groups excluding tert-OH is 1. The number of rotatable bonds is 3. The summed E-state index contributed by atoms with van der Waals surface area (Å²) in [5, 5.41) is 16.9. The number of aliphatic hydroxyl groups is 1. The van der Waals surface area contributed by atoms with Crippen LogP contribution in [-0.2, 0) is 4.74 Å². The zero-order valence-electron chi connectivity index (χ0n) is 7.14. The van der Waals surface area contributed by atoms with E-state index in [1.54, 1.807) is 0 Å². The van der Waals surface area contributed by atoms with E-state index in [9.17, 15) is 9.59 Å². The van der Waals surface area contributed by atoms with Gasteiger partial charge in [0.1, 0.15) is 0 Å². The van der Waals surface area contributed by atoms with Gasteiger partial charge in [-0.25, -0.2) is 9.59 Å². The van der Waals surface area contributed by atoms with Crippen LogP contribution in [0.15, 0.2) is 24.3 Å². The highest BCUT2D eigenvalue weighted by Crippen LogP contribution is 2.05. The van der Waals surface area contributed by atoms with Crippen molar-refractivity contribution in [3.63, 3.8) is 0 Å². The van der Waals surface area contributed by atoms with E-state index < -0.39 is 18.7 Å². The molecule has 0 atom stereocenters. The third kappa shape index (κ3) is 2.30. The van der Waals surface area contributed by atoms with Crippen molar-refractivity contribution in [2.45, 2.75) is 0 Å². The zero-order valence-corrected chi connectivity index (χ0v) is 7.14. The fourth-order valence-corrected chi connectivity index (χ4v) is 0.891. The number of benzene rings is 1. The van der Waals surface area contributed by atoms with Crippen molar-refractivity contribution in [1.29, 1.82) is 0 Å². The first-order valence-corrected chi connectivity index (χ1v) is 3.76. The summed E-state index contributed by atoms with van der Waals surface area (Å²) >= 11 is 0. The molecule has 5 heteroatoms. The Morgan fingerprint density at radius 3 is 2.07 bits per heavy atom. The molecule has 0 amide bonds. The molecule has 0 bridgehead atoms. The third-order valence-corrected chi connectivity index (χ3v) is 1.56. The lowest BCUT2D eigenvalue weighted by Crippen LogP contribution is -2.06. The van der Waals surface area contributed by atoms with Gasteiger partial charge in [-0.3, -0.25) is 0 Å². The Morgan fingerprint density at radius 1 is 1.14 bits per heavy atom. The van der Waals surface area contributed by atoms with Gasteiger partial charge < -0.3 is 14.9 Å². The first-order valence-electron chi connectivity index (χ1n) is 3.76. The highest BCUT2D eigenvalue weighted by molar-refractivity contribution is 5.92. The van der Waals surface area contributed by atoms with Crippen molar-refractivity contribution in [2.24, 2.45) is 0 Å². The Hall–Kier alpha value is -1.88. The van der Waals surface area contributed by atoms with Gasteiger partial charge in [-0.2, -0.15) is 0 Å². The maximum Gasteiger partial charge on any atom is 0.340 e. The molecule has 0 radical (unpaired) electrons. The van der Waals surface area contributed by atoms with E-state index in [0.29, 0.717) is 0 Å². The van der Waals surface area contributed by atoms with Gasteiger partial charge in [0.25, 0.3) is 0 Å². The second-order valence-corrected chi connectivity index (χ2v) is 2.44. The quantitative estimate of drug-likeness (QED) is 0.543. The van der Waals surface area contributed by atoms with Gasteiger partial charge in [-0.05, 0) is 24.3 Å².